The highest BCUT2D eigenvalue weighted by Gasteiger charge is 2.14. The molecule has 152 valence electrons. The number of carbonyl (C=O) groups is 1. The molecule has 3 aromatic rings. The van der Waals surface area contributed by atoms with Gasteiger partial charge in [-0.1, -0.05) is 46.8 Å². The topological polar surface area (TPSA) is 85.4 Å². The first-order valence-corrected chi connectivity index (χ1v) is 10.4. The van der Waals surface area contributed by atoms with E-state index in [1.807, 2.05) is 0 Å². The number of anilines is 3. The van der Waals surface area contributed by atoms with Gasteiger partial charge in [-0.15, -0.1) is 10.2 Å². The number of methoxy groups -OCH3 is 2. The Kier molecular flexibility index (Phi) is 7.13. The minimum atomic E-state index is -0.386. The Labute approximate surface area is 179 Å². The average molecular weight is 455 g/mol. The van der Waals surface area contributed by atoms with Crippen LogP contribution in [-0.4, -0.2) is 36.1 Å². The number of halogens is 2. The van der Waals surface area contributed by atoms with Crippen LogP contribution in [0.1, 0.15) is 0 Å². The first kappa shape index (κ1) is 21.2. The molecule has 0 saturated carbocycles. The first-order valence-electron chi connectivity index (χ1n) is 8.19. The third kappa shape index (κ3) is 5.49. The standard InChI is InChI=1S/C18H16ClFN4O3S2/c1-26-14-8-15(27-2)13(7-10(14)19)21-16(25)9-28-18-24-23-17(29-18)22-12-6-4-3-5-11(12)20/h3-8H,9H2,1-2H3,(H,21,25)(H,22,23). The van der Waals surface area contributed by atoms with Gasteiger partial charge in [0.05, 0.1) is 36.4 Å². The van der Waals surface area contributed by atoms with Crippen molar-refractivity contribution in [2.24, 2.45) is 0 Å². The van der Waals surface area contributed by atoms with Crippen LogP contribution >= 0.6 is 34.7 Å². The van der Waals surface area contributed by atoms with Gasteiger partial charge < -0.3 is 20.1 Å². The minimum absolute atomic E-state index is 0.0983. The Morgan fingerprint density at radius 1 is 1.17 bits per heavy atom. The second kappa shape index (κ2) is 9.77. The first-order chi connectivity index (χ1) is 14.0. The maximum absolute atomic E-state index is 13.7. The van der Waals surface area contributed by atoms with E-state index < -0.39 is 0 Å². The summed E-state index contributed by atoms with van der Waals surface area (Å²) in [5.41, 5.74) is 0.740. The van der Waals surface area contributed by atoms with Gasteiger partial charge in [0, 0.05) is 6.07 Å². The van der Waals surface area contributed by atoms with E-state index in [-0.39, 0.29) is 17.5 Å². The van der Waals surface area contributed by atoms with Crippen LogP contribution in [0.4, 0.5) is 20.9 Å². The molecule has 0 spiro atoms. The van der Waals surface area contributed by atoms with Gasteiger partial charge in [-0.05, 0) is 18.2 Å². The lowest BCUT2D eigenvalue weighted by atomic mass is 10.2. The number of hydrogen-bond donors (Lipinski definition) is 2. The summed E-state index contributed by atoms with van der Waals surface area (Å²) in [5.74, 6) is 0.314. The molecule has 2 N–H and O–H groups in total. The van der Waals surface area contributed by atoms with Crippen LogP contribution in [0.25, 0.3) is 0 Å². The van der Waals surface area contributed by atoms with E-state index in [4.69, 9.17) is 21.1 Å². The van der Waals surface area contributed by atoms with Crippen LogP contribution < -0.4 is 20.1 Å². The molecule has 0 unspecified atom stereocenters. The third-order valence-electron chi connectivity index (χ3n) is 3.60. The van der Waals surface area contributed by atoms with Crippen molar-refractivity contribution < 1.29 is 18.7 Å². The predicted octanol–water partition coefficient (Wildman–Crippen LogP) is 4.82. The largest absolute Gasteiger partial charge is 0.495 e. The van der Waals surface area contributed by atoms with Crippen molar-refractivity contribution >= 4 is 57.1 Å². The number of hydrogen-bond acceptors (Lipinski definition) is 8. The Balaban J connectivity index is 1.58. The molecule has 1 amide bonds. The summed E-state index contributed by atoms with van der Waals surface area (Å²) in [6.45, 7) is 0. The van der Waals surface area contributed by atoms with Gasteiger partial charge in [0.1, 0.15) is 17.3 Å². The highest BCUT2D eigenvalue weighted by Crippen LogP contribution is 2.36. The van der Waals surface area contributed by atoms with Gasteiger partial charge in [-0.25, -0.2) is 4.39 Å². The second-order valence-electron chi connectivity index (χ2n) is 5.50. The fraction of sp³-hybridized carbons (Fsp3) is 0.167. The number of benzene rings is 2. The molecule has 0 aliphatic rings. The quantitative estimate of drug-likeness (QED) is 0.472. The molecule has 2 aromatic carbocycles. The number of ether oxygens (including phenoxy) is 2. The van der Waals surface area contributed by atoms with Crippen molar-refractivity contribution in [3.8, 4) is 11.5 Å². The smallest absolute Gasteiger partial charge is 0.234 e. The third-order valence-corrected chi connectivity index (χ3v) is 5.86. The molecule has 0 aliphatic carbocycles. The van der Waals surface area contributed by atoms with Crippen LogP contribution in [0.15, 0.2) is 40.7 Å². The number of para-hydroxylation sites is 1. The Bertz CT molecular complexity index is 1020. The average Bonchev–Trinajstić information content (AvgIpc) is 3.16. The molecule has 0 radical (unpaired) electrons. The summed E-state index contributed by atoms with van der Waals surface area (Å²) in [7, 11) is 2.98. The van der Waals surface area contributed by atoms with Gasteiger partial charge in [0.25, 0.3) is 0 Å². The zero-order valence-electron chi connectivity index (χ0n) is 15.4. The van der Waals surface area contributed by atoms with E-state index >= 15 is 0 Å². The minimum Gasteiger partial charge on any atom is -0.495 e. The predicted molar refractivity (Wildman–Crippen MR) is 114 cm³/mol. The molecule has 0 bridgehead atoms. The summed E-state index contributed by atoms with van der Waals surface area (Å²) >= 11 is 8.54. The Hall–Kier alpha value is -2.56. The van der Waals surface area contributed by atoms with E-state index in [2.05, 4.69) is 20.8 Å². The number of rotatable bonds is 8. The van der Waals surface area contributed by atoms with Crippen LogP contribution in [0.3, 0.4) is 0 Å². The van der Waals surface area contributed by atoms with Gasteiger partial charge in [0.15, 0.2) is 4.34 Å². The highest BCUT2D eigenvalue weighted by atomic mass is 35.5. The van der Waals surface area contributed by atoms with Crippen molar-refractivity contribution in [3.63, 3.8) is 0 Å². The van der Waals surface area contributed by atoms with Crippen LogP contribution in [0, 0.1) is 5.82 Å². The molecule has 0 atom stereocenters. The maximum Gasteiger partial charge on any atom is 0.234 e. The van der Waals surface area contributed by atoms with Gasteiger partial charge in [0.2, 0.25) is 11.0 Å². The second-order valence-corrected chi connectivity index (χ2v) is 8.11. The number of aromatic nitrogens is 2. The molecule has 1 heterocycles. The van der Waals surface area contributed by atoms with Crippen LogP contribution in [0.2, 0.25) is 5.02 Å². The van der Waals surface area contributed by atoms with E-state index in [1.165, 1.54) is 43.4 Å². The molecule has 3 rings (SSSR count). The van der Waals surface area contributed by atoms with Crippen molar-refractivity contribution in [2.75, 3.05) is 30.6 Å². The number of carbonyl (C=O) groups excluding carboxylic acids is 1. The zero-order valence-corrected chi connectivity index (χ0v) is 17.8. The molecule has 29 heavy (non-hydrogen) atoms. The fourth-order valence-electron chi connectivity index (χ4n) is 2.27. The lowest BCUT2D eigenvalue weighted by molar-refractivity contribution is -0.113. The van der Waals surface area contributed by atoms with Crippen molar-refractivity contribution in [2.45, 2.75) is 4.34 Å². The molecule has 0 saturated heterocycles. The van der Waals surface area contributed by atoms with Crippen molar-refractivity contribution in [1.82, 2.24) is 10.2 Å². The summed E-state index contributed by atoms with van der Waals surface area (Å²) in [5, 5.41) is 14.3. The van der Waals surface area contributed by atoms with Gasteiger partial charge in [-0.2, -0.15) is 0 Å². The van der Waals surface area contributed by atoms with Gasteiger partial charge in [-0.3, -0.25) is 4.79 Å². The summed E-state index contributed by atoms with van der Waals surface area (Å²) in [4.78, 5) is 12.3. The molecular weight excluding hydrogens is 439 g/mol. The maximum atomic E-state index is 13.7. The van der Waals surface area contributed by atoms with E-state index in [0.29, 0.717) is 37.4 Å². The van der Waals surface area contributed by atoms with E-state index in [1.54, 1.807) is 30.3 Å². The van der Waals surface area contributed by atoms with Crippen LogP contribution in [-0.2, 0) is 4.79 Å². The monoisotopic (exact) mass is 454 g/mol. The molecule has 1 aromatic heterocycles. The number of nitrogens with one attached hydrogen (secondary N) is 2. The Morgan fingerprint density at radius 2 is 1.93 bits per heavy atom. The normalized spacial score (nSPS) is 10.5. The number of nitrogens with zero attached hydrogens (tertiary/aromatic N) is 2. The zero-order chi connectivity index (χ0) is 20.8. The van der Waals surface area contributed by atoms with Gasteiger partial charge >= 0.3 is 0 Å². The highest BCUT2D eigenvalue weighted by molar-refractivity contribution is 8.01. The molecule has 11 heteroatoms. The Morgan fingerprint density at radius 3 is 2.66 bits per heavy atom. The summed E-state index contributed by atoms with van der Waals surface area (Å²) in [6, 6.07) is 9.42. The summed E-state index contributed by atoms with van der Waals surface area (Å²) < 4.78 is 24.6. The summed E-state index contributed by atoms with van der Waals surface area (Å²) in [6.07, 6.45) is 0. The van der Waals surface area contributed by atoms with E-state index in [9.17, 15) is 9.18 Å². The van der Waals surface area contributed by atoms with Crippen molar-refractivity contribution in [3.05, 3.63) is 47.2 Å². The van der Waals surface area contributed by atoms with E-state index in [0.717, 1.165) is 0 Å². The molecule has 7 nitrogen and oxygen atoms in total. The molecule has 0 fully saturated rings. The van der Waals surface area contributed by atoms with Crippen LogP contribution in [0.5, 0.6) is 11.5 Å². The number of thioether (sulfide) groups is 1. The molecule has 0 aliphatic heterocycles. The van der Waals surface area contributed by atoms with Crippen molar-refractivity contribution in [1.29, 1.82) is 0 Å². The molecular formula is C18H16ClFN4O3S2. The lowest BCUT2D eigenvalue weighted by Gasteiger charge is -2.12. The lowest BCUT2D eigenvalue weighted by Crippen LogP contribution is -2.14. The number of amides is 1. The fourth-order valence-corrected chi connectivity index (χ4v) is 4.07. The SMILES string of the molecule is COc1cc(OC)c(NC(=O)CSc2nnc(Nc3ccccc3F)s2)cc1Cl.